The van der Waals surface area contributed by atoms with E-state index >= 15 is 0 Å². The summed E-state index contributed by atoms with van der Waals surface area (Å²) in [6, 6.07) is 0.476. The van der Waals surface area contributed by atoms with Gasteiger partial charge in [0, 0.05) is 36.8 Å². The largest absolute Gasteiger partial charge is 0.356 e. The lowest BCUT2D eigenvalue weighted by Gasteiger charge is -2.16. The van der Waals surface area contributed by atoms with Crippen LogP contribution in [-0.2, 0) is 9.59 Å². The van der Waals surface area contributed by atoms with Crippen molar-refractivity contribution < 1.29 is 14.4 Å². The average Bonchev–Trinajstić information content (AvgIpc) is 3.27. The van der Waals surface area contributed by atoms with Crippen LogP contribution in [0.1, 0.15) is 83.5 Å². The lowest BCUT2D eigenvalue weighted by atomic mass is 10.0. The van der Waals surface area contributed by atoms with E-state index in [2.05, 4.69) is 16.0 Å². The number of ketones is 1. The third-order valence-electron chi connectivity index (χ3n) is 5.94. The Bertz CT molecular complexity index is 546. The van der Waals surface area contributed by atoms with Gasteiger partial charge in [0.05, 0.1) is 12.1 Å². The third-order valence-corrected chi connectivity index (χ3v) is 7.45. The molecule has 2 aliphatic heterocycles. The van der Waals surface area contributed by atoms with Gasteiger partial charge in [-0.3, -0.25) is 9.59 Å². The van der Waals surface area contributed by atoms with Gasteiger partial charge in [0.2, 0.25) is 5.91 Å². The Labute approximate surface area is 185 Å². The average molecular weight is 441 g/mol. The molecule has 2 saturated heterocycles. The van der Waals surface area contributed by atoms with Gasteiger partial charge >= 0.3 is 6.03 Å². The van der Waals surface area contributed by atoms with E-state index in [4.69, 9.17) is 5.73 Å². The number of Topliss-reactive ketones (excluding diaryl/α,β-unsaturated/α-hetero) is 1. The highest BCUT2D eigenvalue weighted by molar-refractivity contribution is 8.00. The molecular formula is C22H40N4O3S. The number of nitrogens with one attached hydrogen (secondary N) is 3. The number of unbranched alkanes of at least 4 members (excludes halogenated alkanes) is 6. The number of nitrogens with two attached hydrogens (primary N) is 1. The van der Waals surface area contributed by atoms with E-state index < -0.39 is 0 Å². The Hall–Kier alpha value is -1.28. The first-order chi connectivity index (χ1) is 14.6. The third kappa shape index (κ3) is 9.69. The van der Waals surface area contributed by atoms with Crippen molar-refractivity contribution in [3.8, 4) is 0 Å². The van der Waals surface area contributed by atoms with Crippen LogP contribution in [0.4, 0.5) is 4.79 Å². The standard InChI is InChI=1S/C22H40N4O3S/c23-14-8-2-1-4-10-17(27)11-5-3-9-15-24-20(28)13-7-6-12-19-21-18(16-30-19)25-22(29)26-21/h18-19,21H,1-16,23H2,(H,24,28)(H2,25,26,29)/t18-,19-,21-/m0/s1. The van der Waals surface area contributed by atoms with E-state index in [1.165, 1.54) is 0 Å². The van der Waals surface area contributed by atoms with Gasteiger partial charge in [-0.1, -0.05) is 25.7 Å². The molecule has 2 fully saturated rings. The van der Waals surface area contributed by atoms with E-state index in [-0.39, 0.29) is 24.0 Å². The minimum absolute atomic E-state index is 0.0441. The molecule has 0 saturated carbocycles. The summed E-state index contributed by atoms with van der Waals surface area (Å²) in [4.78, 5) is 35.2. The number of carbonyl (C=O) groups is 3. The zero-order valence-corrected chi connectivity index (χ0v) is 19.1. The van der Waals surface area contributed by atoms with Crippen LogP contribution < -0.4 is 21.7 Å². The van der Waals surface area contributed by atoms with Gasteiger partial charge in [-0.2, -0.15) is 11.8 Å². The molecule has 7 nitrogen and oxygen atoms in total. The normalized spacial score (nSPS) is 22.4. The van der Waals surface area contributed by atoms with Crippen molar-refractivity contribution in [2.45, 2.75) is 101 Å². The van der Waals surface area contributed by atoms with Crippen LogP contribution in [0.3, 0.4) is 0 Å². The van der Waals surface area contributed by atoms with Gasteiger partial charge in [-0.15, -0.1) is 0 Å². The number of carbonyl (C=O) groups excluding carboxylic acids is 3. The molecule has 0 aromatic heterocycles. The minimum atomic E-state index is -0.0441. The van der Waals surface area contributed by atoms with E-state index in [1.54, 1.807) is 0 Å². The fourth-order valence-corrected chi connectivity index (χ4v) is 5.70. The Morgan fingerprint density at radius 2 is 1.63 bits per heavy atom. The molecule has 0 spiro atoms. The molecule has 172 valence electrons. The number of thioether (sulfide) groups is 1. The molecule has 30 heavy (non-hydrogen) atoms. The quantitative estimate of drug-likeness (QED) is 0.205. The van der Waals surface area contributed by atoms with Crippen LogP contribution in [0.15, 0.2) is 0 Å². The first-order valence-electron chi connectivity index (χ1n) is 11.8. The van der Waals surface area contributed by atoms with Crippen molar-refractivity contribution in [3.05, 3.63) is 0 Å². The molecule has 3 amide bonds. The predicted octanol–water partition coefficient (Wildman–Crippen LogP) is 2.87. The topological polar surface area (TPSA) is 113 Å². The number of amides is 3. The molecule has 0 unspecified atom stereocenters. The Morgan fingerprint density at radius 1 is 0.933 bits per heavy atom. The summed E-state index contributed by atoms with van der Waals surface area (Å²) in [7, 11) is 0. The van der Waals surface area contributed by atoms with Gasteiger partial charge in [0.25, 0.3) is 0 Å². The highest BCUT2D eigenvalue weighted by Crippen LogP contribution is 2.33. The molecule has 5 N–H and O–H groups in total. The second kappa shape index (κ2) is 14.7. The lowest BCUT2D eigenvalue weighted by molar-refractivity contribution is -0.121. The van der Waals surface area contributed by atoms with Gasteiger partial charge in [0.1, 0.15) is 5.78 Å². The molecule has 0 radical (unpaired) electrons. The SMILES string of the molecule is NCCCCCCC(=O)CCCCCNC(=O)CCCC[C@@H]1SC[C@@H]2NC(=O)N[C@@H]21. The fraction of sp³-hybridized carbons (Fsp3) is 0.864. The minimum Gasteiger partial charge on any atom is -0.356 e. The highest BCUT2D eigenvalue weighted by atomic mass is 32.2. The Balaban J connectivity index is 1.36. The summed E-state index contributed by atoms with van der Waals surface area (Å²) in [5, 5.41) is 9.42. The smallest absolute Gasteiger partial charge is 0.315 e. The van der Waals surface area contributed by atoms with Crippen molar-refractivity contribution in [1.82, 2.24) is 16.0 Å². The summed E-state index contributed by atoms with van der Waals surface area (Å²) >= 11 is 1.92. The van der Waals surface area contributed by atoms with Crippen LogP contribution in [-0.4, -0.2) is 53.9 Å². The van der Waals surface area contributed by atoms with Crippen LogP contribution in [0, 0.1) is 0 Å². The van der Waals surface area contributed by atoms with Crippen LogP contribution in [0.5, 0.6) is 0 Å². The van der Waals surface area contributed by atoms with E-state index in [0.717, 1.165) is 76.5 Å². The molecule has 2 heterocycles. The second-order valence-corrected chi connectivity index (χ2v) is 9.79. The maximum atomic E-state index is 12.0. The summed E-state index contributed by atoms with van der Waals surface area (Å²) in [6.45, 7) is 1.44. The molecule has 3 atom stereocenters. The maximum Gasteiger partial charge on any atom is 0.315 e. The lowest BCUT2D eigenvalue weighted by Crippen LogP contribution is -2.36. The molecule has 0 aromatic carbocycles. The molecule has 0 aromatic rings. The number of hydrogen-bond donors (Lipinski definition) is 4. The van der Waals surface area contributed by atoms with Crippen LogP contribution in [0.2, 0.25) is 0 Å². The van der Waals surface area contributed by atoms with E-state index in [1.807, 2.05) is 11.8 Å². The van der Waals surface area contributed by atoms with Gasteiger partial charge < -0.3 is 21.7 Å². The first kappa shape index (κ1) is 25.0. The van der Waals surface area contributed by atoms with Crippen molar-refractivity contribution in [2.75, 3.05) is 18.8 Å². The van der Waals surface area contributed by atoms with Crippen LogP contribution in [0.25, 0.3) is 0 Å². The molecule has 2 aliphatic rings. The number of rotatable bonds is 17. The Kier molecular flexibility index (Phi) is 12.2. The summed E-state index contributed by atoms with van der Waals surface area (Å²) in [5.41, 5.74) is 5.46. The fourth-order valence-electron chi connectivity index (χ4n) is 4.16. The van der Waals surface area contributed by atoms with Gasteiger partial charge in [-0.25, -0.2) is 4.79 Å². The van der Waals surface area contributed by atoms with Crippen molar-refractivity contribution in [1.29, 1.82) is 0 Å². The number of hydrogen-bond acceptors (Lipinski definition) is 5. The van der Waals surface area contributed by atoms with Crippen molar-refractivity contribution in [3.63, 3.8) is 0 Å². The van der Waals surface area contributed by atoms with Gasteiger partial charge in [-0.05, 0) is 45.1 Å². The Morgan fingerprint density at radius 3 is 2.40 bits per heavy atom. The van der Waals surface area contributed by atoms with Crippen molar-refractivity contribution in [2.24, 2.45) is 5.73 Å². The van der Waals surface area contributed by atoms with Crippen LogP contribution >= 0.6 is 11.8 Å². The summed E-state index contributed by atoms with van der Waals surface area (Å²) in [6.07, 6.45) is 12.0. The molecule has 2 rings (SSSR count). The second-order valence-electron chi connectivity index (χ2n) is 8.52. The van der Waals surface area contributed by atoms with Gasteiger partial charge in [0.15, 0.2) is 0 Å². The number of fused-ring (bicyclic) bond motifs is 1. The van der Waals surface area contributed by atoms with E-state index in [9.17, 15) is 14.4 Å². The monoisotopic (exact) mass is 440 g/mol. The predicted molar refractivity (Wildman–Crippen MR) is 123 cm³/mol. The molecule has 8 heteroatoms. The highest BCUT2D eigenvalue weighted by Gasteiger charge is 2.42. The maximum absolute atomic E-state index is 12.0. The zero-order valence-electron chi connectivity index (χ0n) is 18.3. The van der Waals surface area contributed by atoms with E-state index in [0.29, 0.717) is 36.8 Å². The number of urea groups is 1. The molecule has 0 bridgehead atoms. The zero-order chi connectivity index (χ0) is 21.6. The summed E-state index contributed by atoms with van der Waals surface area (Å²) in [5.74, 6) is 1.47. The van der Waals surface area contributed by atoms with Crippen molar-refractivity contribution >= 4 is 29.5 Å². The molecule has 0 aliphatic carbocycles. The first-order valence-corrected chi connectivity index (χ1v) is 12.8. The summed E-state index contributed by atoms with van der Waals surface area (Å²) < 4.78 is 0. The molecular weight excluding hydrogens is 400 g/mol.